The maximum Gasteiger partial charge on any atom is 0.337 e. The third kappa shape index (κ3) is 5.73. The molecule has 0 bridgehead atoms. The fourth-order valence-corrected chi connectivity index (χ4v) is 4.00. The molecule has 2 aromatic carbocycles. The molecule has 3 rings (SSSR count). The van der Waals surface area contributed by atoms with Gasteiger partial charge in [0.25, 0.3) is 0 Å². The van der Waals surface area contributed by atoms with Crippen LogP contribution in [0.5, 0.6) is 0 Å². The number of carbonyl (C=O) groups is 1. The SMILES string of the molecule is COCO[C@H]1CCN(C[C@H](c2cccc(Cl)c2)N(C)c2ccc(C(=O)OC)cc2)C1. The van der Waals surface area contributed by atoms with Crippen LogP contribution in [0.4, 0.5) is 5.69 Å². The van der Waals surface area contributed by atoms with Gasteiger partial charge in [0.2, 0.25) is 0 Å². The van der Waals surface area contributed by atoms with Crippen molar-refractivity contribution >= 4 is 23.3 Å². The average Bonchev–Trinajstić information content (AvgIpc) is 3.22. The fraction of sp³-hybridized carbons (Fsp3) is 0.435. The van der Waals surface area contributed by atoms with Crippen molar-refractivity contribution in [3.8, 4) is 0 Å². The molecule has 0 radical (unpaired) electrons. The zero-order chi connectivity index (χ0) is 21.5. The number of carbonyl (C=O) groups excluding carboxylic acids is 1. The molecule has 1 saturated heterocycles. The van der Waals surface area contributed by atoms with Gasteiger partial charge in [-0.15, -0.1) is 0 Å². The highest BCUT2D eigenvalue weighted by Gasteiger charge is 2.28. The van der Waals surface area contributed by atoms with Crippen LogP contribution in [0.15, 0.2) is 48.5 Å². The predicted molar refractivity (Wildman–Crippen MR) is 118 cm³/mol. The van der Waals surface area contributed by atoms with E-state index in [9.17, 15) is 4.79 Å². The van der Waals surface area contributed by atoms with Crippen LogP contribution in [0.3, 0.4) is 0 Å². The van der Waals surface area contributed by atoms with Crippen LogP contribution in [0.25, 0.3) is 0 Å². The summed E-state index contributed by atoms with van der Waals surface area (Å²) < 4.78 is 15.6. The Bertz CT molecular complexity index is 830. The number of hydrogen-bond donors (Lipinski definition) is 0. The smallest absolute Gasteiger partial charge is 0.337 e. The molecule has 0 aliphatic carbocycles. The molecule has 7 heteroatoms. The topological polar surface area (TPSA) is 51.2 Å². The van der Waals surface area contributed by atoms with Gasteiger partial charge < -0.3 is 19.1 Å². The molecule has 2 aromatic rings. The van der Waals surface area contributed by atoms with Crippen LogP contribution in [0, 0.1) is 0 Å². The molecule has 1 aliphatic rings. The number of anilines is 1. The lowest BCUT2D eigenvalue weighted by Crippen LogP contribution is -2.36. The number of halogens is 1. The molecule has 0 spiro atoms. The van der Waals surface area contributed by atoms with E-state index in [4.69, 9.17) is 25.8 Å². The van der Waals surface area contributed by atoms with Gasteiger partial charge in [0.05, 0.1) is 24.8 Å². The van der Waals surface area contributed by atoms with Crippen LogP contribution in [-0.4, -0.2) is 64.7 Å². The summed E-state index contributed by atoms with van der Waals surface area (Å²) in [4.78, 5) is 16.4. The Labute approximate surface area is 183 Å². The maximum atomic E-state index is 11.7. The number of ether oxygens (including phenoxy) is 3. The summed E-state index contributed by atoms with van der Waals surface area (Å²) in [5.41, 5.74) is 2.69. The van der Waals surface area contributed by atoms with Gasteiger partial charge in [-0.3, -0.25) is 4.90 Å². The summed E-state index contributed by atoms with van der Waals surface area (Å²) in [6.45, 7) is 3.00. The summed E-state index contributed by atoms with van der Waals surface area (Å²) >= 11 is 6.29. The van der Waals surface area contributed by atoms with Crippen LogP contribution in [0.2, 0.25) is 5.02 Å². The molecule has 162 valence electrons. The van der Waals surface area contributed by atoms with E-state index >= 15 is 0 Å². The van der Waals surface area contributed by atoms with Crippen molar-refractivity contribution in [2.24, 2.45) is 0 Å². The molecule has 2 atom stereocenters. The number of nitrogens with zero attached hydrogens (tertiary/aromatic N) is 2. The number of likely N-dealkylation sites (tertiary alicyclic amines) is 1. The van der Waals surface area contributed by atoms with Gasteiger partial charge in [0, 0.05) is 44.5 Å². The summed E-state index contributed by atoms with van der Waals surface area (Å²) in [7, 11) is 5.09. The second-order valence-corrected chi connectivity index (χ2v) is 7.90. The van der Waals surface area contributed by atoms with E-state index in [1.54, 1.807) is 19.2 Å². The molecule has 0 N–H and O–H groups in total. The fourth-order valence-electron chi connectivity index (χ4n) is 3.80. The van der Waals surface area contributed by atoms with Crippen molar-refractivity contribution in [2.45, 2.75) is 18.6 Å². The Hall–Kier alpha value is -2.12. The van der Waals surface area contributed by atoms with E-state index in [1.807, 2.05) is 30.3 Å². The van der Waals surface area contributed by atoms with E-state index in [0.717, 1.165) is 42.3 Å². The number of benzene rings is 2. The summed E-state index contributed by atoms with van der Waals surface area (Å²) in [6.07, 6.45) is 1.18. The molecule has 0 amide bonds. The van der Waals surface area contributed by atoms with Gasteiger partial charge in [0.15, 0.2) is 0 Å². The van der Waals surface area contributed by atoms with Crippen molar-refractivity contribution in [3.05, 3.63) is 64.7 Å². The Morgan fingerprint density at radius 1 is 1.23 bits per heavy atom. The summed E-state index contributed by atoms with van der Waals surface area (Å²) in [6, 6.07) is 15.5. The first-order valence-electron chi connectivity index (χ1n) is 10.0. The zero-order valence-electron chi connectivity index (χ0n) is 17.7. The Balaban J connectivity index is 1.78. The van der Waals surface area contributed by atoms with Crippen molar-refractivity contribution in [2.75, 3.05) is 52.6 Å². The van der Waals surface area contributed by atoms with Crippen LogP contribution < -0.4 is 4.90 Å². The second kappa shape index (κ2) is 10.8. The number of likely N-dealkylation sites (N-methyl/N-ethyl adjacent to an activating group) is 1. The Morgan fingerprint density at radius 3 is 2.67 bits per heavy atom. The molecular weight excluding hydrogens is 404 g/mol. The predicted octanol–water partition coefficient (Wildman–Crippen LogP) is 4.00. The number of esters is 1. The van der Waals surface area contributed by atoms with Crippen molar-refractivity contribution in [1.29, 1.82) is 0 Å². The minimum absolute atomic E-state index is 0.0915. The first-order valence-corrected chi connectivity index (χ1v) is 10.4. The van der Waals surface area contributed by atoms with Gasteiger partial charge in [0.1, 0.15) is 6.79 Å². The molecule has 1 aliphatic heterocycles. The minimum atomic E-state index is -0.338. The molecule has 1 heterocycles. The first kappa shape index (κ1) is 22.6. The van der Waals surface area contributed by atoms with Crippen molar-refractivity contribution < 1.29 is 19.0 Å². The average molecular weight is 433 g/mol. The first-order chi connectivity index (χ1) is 14.5. The normalized spacial score (nSPS) is 17.7. The van der Waals surface area contributed by atoms with Gasteiger partial charge in [-0.1, -0.05) is 23.7 Å². The Morgan fingerprint density at radius 2 is 2.00 bits per heavy atom. The minimum Gasteiger partial charge on any atom is -0.465 e. The van der Waals surface area contributed by atoms with Gasteiger partial charge in [-0.2, -0.15) is 0 Å². The quantitative estimate of drug-likeness (QED) is 0.441. The lowest BCUT2D eigenvalue weighted by molar-refractivity contribution is -0.0671. The standard InChI is InChI=1S/C23H29ClN2O4/c1-25(20-9-7-17(8-10-20)23(27)29-3)22(18-5-4-6-19(24)13-18)15-26-12-11-21(14-26)30-16-28-2/h4-10,13,21-22H,11-12,14-16H2,1-3H3/t21-,22+/m0/s1. The van der Waals surface area contributed by atoms with E-state index in [-0.39, 0.29) is 18.1 Å². The maximum absolute atomic E-state index is 11.7. The highest BCUT2D eigenvalue weighted by Crippen LogP contribution is 2.30. The largest absolute Gasteiger partial charge is 0.465 e. The molecule has 1 fully saturated rings. The van der Waals surface area contributed by atoms with E-state index in [1.165, 1.54) is 7.11 Å². The second-order valence-electron chi connectivity index (χ2n) is 7.46. The highest BCUT2D eigenvalue weighted by molar-refractivity contribution is 6.30. The lowest BCUT2D eigenvalue weighted by atomic mass is 10.0. The Kier molecular flexibility index (Phi) is 8.10. The van der Waals surface area contributed by atoms with E-state index < -0.39 is 0 Å². The number of methoxy groups -OCH3 is 2. The molecule has 0 unspecified atom stereocenters. The number of hydrogen-bond acceptors (Lipinski definition) is 6. The van der Waals surface area contributed by atoms with Crippen molar-refractivity contribution in [3.63, 3.8) is 0 Å². The molecular formula is C23H29ClN2O4. The van der Waals surface area contributed by atoms with Crippen molar-refractivity contribution in [1.82, 2.24) is 4.90 Å². The molecule has 0 saturated carbocycles. The third-order valence-corrected chi connectivity index (χ3v) is 5.71. The highest BCUT2D eigenvalue weighted by atomic mass is 35.5. The molecule has 30 heavy (non-hydrogen) atoms. The van der Waals surface area contributed by atoms with Crippen LogP contribution in [-0.2, 0) is 14.2 Å². The summed E-state index contributed by atoms with van der Waals surface area (Å²) in [5, 5.41) is 0.717. The van der Waals surface area contributed by atoms with E-state index in [2.05, 4.69) is 22.9 Å². The van der Waals surface area contributed by atoms with Crippen LogP contribution in [0.1, 0.15) is 28.4 Å². The van der Waals surface area contributed by atoms with Gasteiger partial charge in [-0.25, -0.2) is 4.79 Å². The monoisotopic (exact) mass is 432 g/mol. The zero-order valence-corrected chi connectivity index (χ0v) is 18.5. The number of rotatable bonds is 9. The van der Waals surface area contributed by atoms with E-state index in [0.29, 0.717) is 12.4 Å². The van der Waals surface area contributed by atoms with Gasteiger partial charge in [-0.05, 0) is 48.4 Å². The molecule has 0 aromatic heterocycles. The van der Waals surface area contributed by atoms with Gasteiger partial charge >= 0.3 is 5.97 Å². The third-order valence-electron chi connectivity index (χ3n) is 5.48. The molecule has 6 nitrogen and oxygen atoms in total. The lowest BCUT2D eigenvalue weighted by Gasteiger charge is -2.34. The summed E-state index contributed by atoms with van der Waals surface area (Å²) in [5.74, 6) is -0.338. The van der Waals surface area contributed by atoms with Crippen LogP contribution >= 0.6 is 11.6 Å².